The fraction of sp³-hybridized carbons (Fsp3) is 0.250. The van der Waals surface area contributed by atoms with E-state index < -0.39 is 9.73 Å². The summed E-state index contributed by atoms with van der Waals surface area (Å²) in [6, 6.07) is 6.70. The molecule has 0 saturated carbocycles. The van der Waals surface area contributed by atoms with Crippen LogP contribution in [0.4, 0.5) is 0 Å². The monoisotopic (exact) mass is 185 g/mol. The van der Waals surface area contributed by atoms with Crippen LogP contribution in [0.25, 0.3) is 0 Å². The molecule has 0 aliphatic rings. The Hall–Kier alpha value is -1.03. The van der Waals surface area contributed by atoms with Crippen LogP contribution in [0.5, 0.6) is 5.75 Å². The molecule has 1 rings (SSSR count). The van der Waals surface area contributed by atoms with E-state index >= 15 is 0 Å². The van der Waals surface area contributed by atoms with Gasteiger partial charge in [-0.2, -0.15) is 0 Å². The summed E-state index contributed by atoms with van der Waals surface area (Å²) in [4.78, 5) is 0.531. The summed E-state index contributed by atoms with van der Waals surface area (Å²) in [5.74, 6) is 0.711. The van der Waals surface area contributed by atoms with Crippen molar-refractivity contribution in [3.05, 3.63) is 24.3 Å². The van der Waals surface area contributed by atoms with Crippen molar-refractivity contribution in [1.82, 2.24) is 0 Å². The predicted octanol–water partition coefficient (Wildman–Crippen LogP) is 1.73. The quantitative estimate of drug-likeness (QED) is 0.762. The van der Waals surface area contributed by atoms with Crippen LogP contribution < -0.4 is 4.74 Å². The van der Waals surface area contributed by atoms with E-state index in [1.165, 1.54) is 6.26 Å². The number of ether oxygens (including phenoxy) is 1. The summed E-state index contributed by atoms with van der Waals surface area (Å²) in [6.45, 7) is 0. The molecule has 0 amide bonds. The van der Waals surface area contributed by atoms with E-state index in [1.54, 1.807) is 31.4 Å². The molecule has 4 heteroatoms. The van der Waals surface area contributed by atoms with Gasteiger partial charge in [0.2, 0.25) is 0 Å². The minimum atomic E-state index is -2.58. The molecule has 0 fully saturated rings. The summed E-state index contributed by atoms with van der Waals surface area (Å²) in [5, 5.41) is 0. The third-order valence-electron chi connectivity index (χ3n) is 1.51. The summed E-state index contributed by atoms with van der Waals surface area (Å²) in [5.41, 5.74) is 0. The number of methoxy groups -OCH3 is 1. The highest BCUT2D eigenvalue weighted by molar-refractivity contribution is 7.91. The maximum absolute atomic E-state index is 11.2. The van der Waals surface area contributed by atoms with Crippen molar-refractivity contribution < 1.29 is 8.95 Å². The molecule has 0 spiro atoms. The molecule has 0 bridgehead atoms. The van der Waals surface area contributed by atoms with E-state index in [0.717, 1.165) is 0 Å². The van der Waals surface area contributed by atoms with E-state index in [1.807, 2.05) is 0 Å². The lowest BCUT2D eigenvalue weighted by atomic mass is 10.3. The fourth-order valence-electron chi connectivity index (χ4n) is 0.835. The van der Waals surface area contributed by atoms with Crippen molar-refractivity contribution in [3.8, 4) is 5.75 Å². The van der Waals surface area contributed by atoms with Crippen LogP contribution in [0.2, 0.25) is 0 Å². The lowest BCUT2D eigenvalue weighted by molar-refractivity contribution is 0.414. The summed E-state index contributed by atoms with van der Waals surface area (Å²) in [7, 11) is -1.01. The topological polar surface area (TPSA) is 50.1 Å². The molecule has 1 aromatic carbocycles. The van der Waals surface area contributed by atoms with Gasteiger partial charge >= 0.3 is 0 Å². The molecule has 0 saturated heterocycles. The Morgan fingerprint density at radius 3 is 2.17 bits per heavy atom. The van der Waals surface area contributed by atoms with Crippen LogP contribution in [0.3, 0.4) is 0 Å². The first-order valence-electron chi connectivity index (χ1n) is 3.42. The van der Waals surface area contributed by atoms with E-state index in [9.17, 15) is 4.21 Å². The zero-order valence-electron chi connectivity index (χ0n) is 7.03. The highest BCUT2D eigenvalue weighted by atomic mass is 32.2. The van der Waals surface area contributed by atoms with Crippen LogP contribution >= 0.6 is 0 Å². The lowest BCUT2D eigenvalue weighted by Crippen LogP contribution is -1.94. The third kappa shape index (κ3) is 1.98. The van der Waals surface area contributed by atoms with Crippen molar-refractivity contribution in [1.29, 1.82) is 4.78 Å². The average molecular weight is 185 g/mol. The van der Waals surface area contributed by atoms with E-state index in [-0.39, 0.29) is 0 Å². The Morgan fingerprint density at radius 1 is 1.33 bits per heavy atom. The van der Waals surface area contributed by atoms with Gasteiger partial charge in [-0.3, -0.25) is 0 Å². The fourth-order valence-corrected chi connectivity index (χ4v) is 1.49. The molecule has 0 aromatic heterocycles. The average Bonchev–Trinajstić information content (AvgIpc) is 2.03. The van der Waals surface area contributed by atoms with Gasteiger partial charge in [0.25, 0.3) is 0 Å². The molecule has 0 aliphatic heterocycles. The zero-order chi connectivity index (χ0) is 9.19. The first kappa shape index (κ1) is 9.06. The van der Waals surface area contributed by atoms with E-state index in [0.29, 0.717) is 10.6 Å². The molecular formula is C8H11NO2S. The lowest BCUT2D eigenvalue weighted by Gasteiger charge is -2.02. The van der Waals surface area contributed by atoms with Crippen molar-refractivity contribution in [2.75, 3.05) is 13.4 Å². The molecule has 0 heterocycles. The summed E-state index contributed by atoms with van der Waals surface area (Å²) < 4.78 is 23.4. The minimum absolute atomic E-state index is 0.531. The van der Waals surface area contributed by atoms with Gasteiger partial charge in [-0.15, -0.1) is 0 Å². The van der Waals surface area contributed by atoms with Crippen LogP contribution in [0, 0.1) is 4.78 Å². The van der Waals surface area contributed by atoms with Gasteiger partial charge in [0.15, 0.2) is 0 Å². The second-order valence-corrected chi connectivity index (χ2v) is 4.68. The second-order valence-electron chi connectivity index (χ2n) is 2.52. The molecule has 0 aliphatic carbocycles. The van der Waals surface area contributed by atoms with Crippen molar-refractivity contribution in [2.45, 2.75) is 4.90 Å². The van der Waals surface area contributed by atoms with Gasteiger partial charge in [0.05, 0.1) is 16.8 Å². The molecule has 12 heavy (non-hydrogen) atoms. The maximum Gasteiger partial charge on any atom is 0.118 e. The normalized spacial score (nSPS) is 15.2. The van der Waals surface area contributed by atoms with Crippen LogP contribution in [0.15, 0.2) is 29.2 Å². The van der Waals surface area contributed by atoms with Gasteiger partial charge in [0.1, 0.15) is 5.75 Å². The smallest absolute Gasteiger partial charge is 0.118 e. The molecule has 1 aromatic rings. The Balaban J connectivity index is 3.09. The van der Waals surface area contributed by atoms with Crippen molar-refractivity contribution >= 4 is 9.73 Å². The second kappa shape index (κ2) is 3.15. The molecule has 66 valence electrons. The number of hydrogen-bond acceptors (Lipinski definition) is 3. The van der Waals surface area contributed by atoms with Gasteiger partial charge in [-0.25, -0.2) is 8.99 Å². The molecule has 3 nitrogen and oxygen atoms in total. The highest BCUT2D eigenvalue weighted by Gasteiger charge is 2.01. The number of hydrogen-bond donors (Lipinski definition) is 1. The van der Waals surface area contributed by atoms with E-state index in [2.05, 4.69) is 0 Å². The van der Waals surface area contributed by atoms with Crippen LogP contribution in [-0.4, -0.2) is 17.6 Å². The first-order chi connectivity index (χ1) is 5.54. The Morgan fingerprint density at radius 2 is 1.83 bits per heavy atom. The molecule has 0 radical (unpaired) electrons. The number of benzene rings is 1. The maximum atomic E-state index is 11.2. The minimum Gasteiger partial charge on any atom is -0.497 e. The number of nitrogens with one attached hydrogen (secondary N) is 1. The van der Waals surface area contributed by atoms with Gasteiger partial charge < -0.3 is 4.74 Å². The summed E-state index contributed by atoms with van der Waals surface area (Å²) >= 11 is 0. The van der Waals surface area contributed by atoms with Crippen molar-refractivity contribution in [2.24, 2.45) is 0 Å². The summed E-state index contributed by atoms with van der Waals surface area (Å²) in [6.07, 6.45) is 1.40. The van der Waals surface area contributed by atoms with Crippen LogP contribution in [-0.2, 0) is 9.73 Å². The predicted molar refractivity (Wildman–Crippen MR) is 48.0 cm³/mol. The Bertz CT molecular complexity index is 353. The van der Waals surface area contributed by atoms with Crippen LogP contribution in [0.1, 0.15) is 0 Å². The van der Waals surface area contributed by atoms with Gasteiger partial charge in [0, 0.05) is 11.2 Å². The first-order valence-corrected chi connectivity index (χ1v) is 5.38. The van der Waals surface area contributed by atoms with E-state index in [4.69, 9.17) is 9.52 Å². The highest BCUT2D eigenvalue weighted by Crippen LogP contribution is 2.15. The van der Waals surface area contributed by atoms with Crippen molar-refractivity contribution in [3.63, 3.8) is 0 Å². The number of rotatable bonds is 2. The molecule has 1 atom stereocenters. The third-order valence-corrected chi connectivity index (χ3v) is 2.68. The SMILES string of the molecule is COc1ccc([S@](C)(=N)=O)cc1. The Labute approximate surface area is 72.3 Å². The molecular weight excluding hydrogens is 174 g/mol. The van der Waals surface area contributed by atoms with Gasteiger partial charge in [-0.1, -0.05) is 0 Å². The molecule has 1 N–H and O–H groups in total. The zero-order valence-corrected chi connectivity index (χ0v) is 7.85. The van der Waals surface area contributed by atoms with Gasteiger partial charge in [-0.05, 0) is 24.3 Å². The molecule has 0 unspecified atom stereocenters. The standard InChI is InChI=1S/C8H11NO2S/c1-11-7-3-5-8(6-4-7)12(2,9)10/h3-6,9H,1-2H3/t12-/m1/s1. The Kier molecular flexibility index (Phi) is 2.38. The largest absolute Gasteiger partial charge is 0.497 e.